The molecular formula is C14H25N3O4. The largest absolute Gasteiger partial charge is 0.481 e. The Kier molecular flexibility index (Phi) is 7.14. The van der Waals surface area contributed by atoms with E-state index in [1.807, 2.05) is 0 Å². The summed E-state index contributed by atoms with van der Waals surface area (Å²) >= 11 is 0. The lowest BCUT2D eigenvalue weighted by atomic mass is 10.2. The van der Waals surface area contributed by atoms with Crippen LogP contribution < -0.4 is 5.32 Å². The first-order valence-electron chi connectivity index (χ1n) is 7.41. The molecule has 0 bridgehead atoms. The van der Waals surface area contributed by atoms with E-state index in [1.165, 1.54) is 0 Å². The Morgan fingerprint density at radius 1 is 1.10 bits per heavy atom. The van der Waals surface area contributed by atoms with E-state index >= 15 is 0 Å². The third-order valence-electron chi connectivity index (χ3n) is 3.32. The van der Waals surface area contributed by atoms with Gasteiger partial charge in [-0.1, -0.05) is 13.8 Å². The second-order valence-corrected chi connectivity index (χ2v) is 5.78. The SMILES string of the molecule is CC(C)CN1CCN(C(=O)NC(=O)CCCC(=O)O)CC1. The van der Waals surface area contributed by atoms with Crippen LogP contribution in [0.3, 0.4) is 0 Å². The summed E-state index contributed by atoms with van der Waals surface area (Å²) in [6.07, 6.45) is 0.247. The van der Waals surface area contributed by atoms with Crippen molar-refractivity contribution in [1.82, 2.24) is 15.1 Å². The fraction of sp³-hybridized carbons (Fsp3) is 0.786. The minimum Gasteiger partial charge on any atom is -0.481 e. The fourth-order valence-electron chi connectivity index (χ4n) is 2.31. The van der Waals surface area contributed by atoms with Gasteiger partial charge in [-0.05, 0) is 12.3 Å². The van der Waals surface area contributed by atoms with Gasteiger partial charge in [0.15, 0.2) is 0 Å². The van der Waals surface area contributed by atoms with Crippen LogP contribution in [0.15, 0.2) is 0 Å². The van der Waals surface area contributed by atoms with Gasteiger partial charge in [-0.2, -0.15) is 0 Å². The number of amides is 3. The highest BCUT2D eigenvalue weighted by Gasteiger charge is 2.22. The number of imide groups is 1. The normalized spacial score (nSPS) is 16.0. The lowest BCUT2D eigenvalue weighted by Crippen LogP contribution is -2.53. The lowest BCUT2D eigenvalue weighted by Gasteiger charge is -2.35. The van der Waals surface area contributed by atoms with Gasteiger partial charge in [0.1, 0.15) is 0 Å². The van der Waals surface area contributed by atoms with Crippen LogP contribution in [-0.2, 0) is 9.59 Å². The molecule has 0 atom stereocenters. The number of nitrogens with zero attached hydrogens (tertiary/aromatic N) is 2. The monoisotopic (exact) mass is 299 g/mol. The average Bonchev–Trinajstić information content (AvgIpc) is 2.38. The van der Waals surface area contributed by atoms with Gasteiger partial charge in [0.05, 0.1) is 0 Å². The van der Waals surface area contributed by atoms with Gasteiger partial charge in [-0.15, -0.1) is 0 Å². The van der Waals surface area contributed by atoms with Crippen molar-refractivity contribution in [3.05, 3.63) is 0 Å². The van der Waals surface area contributed by atoms with Gasteiger partial charge in [0.2, 0.25) is 5.91 Å². The number of carbonyl (C=O) groups excluding carboxylic acids is 2. The van der Waals surface area contributed by atoms with Crippen LogP contribution in [0.2, 0.25) is 0 Å². The number of aliphatic carboxylic acids is 1. The van der Waals surface area contributed by atoms with E-state index < -0.39 is 11.9 Å². The molecule has 0 aromatic carbocycles. The molecule has 0 aliphatic carbocycles. The van der Waals surface area contributed by atoms with Gasteiger partial charge >= 0.3 is 12.0 Å². The van der Waals surface area contributed by atoms with Crippen molar-refractivity contribution in [1.29, 1.82) is 0 Å². The Morgan fingerprint density at radius 2 is 1.71 bits per heavy atom. The van der Waals surface area contributed by atoms with Gasteiger partial charge in [-0.3, -0.25) is 19.8 Å². The van der Waals surface area contributed by atoms with Crippen LogP contribution in [0.25, 0.3) is 0 Å². The molecule has 1 heterocycles. The van der Waals surface area contributed by atoms with Crippen LogP contribution in [-0.4, -0.2) is 65.5 Å². The molecule has 7 heteroatoms. The Morgan fingerprint density at radius 3 is 2.24 bits per heavy atom. The molecule has 21 heavy (non-hydrogen) atoms. The average molecular weight is 299 g/mol. The van der Waals surface area contributed by atoms with Crippen molar-refractivity contribution in [3.63, 3.8) is 0 Å². The molecule has 1 fully saturated rings. The van der Waals surface area contributed by atoms with E-state index in [-0.39, 0.29) is 25.3 Å². The highest BCUT2D eigenvalue weighted by atomic mass is 16.4. The second kappa shape index (κ2) is 8.61. The van der Waals surface area contributed by atoms with Crippen LogP contribution in [0.5, 0.6) is 0 Å². The summed E-state index contributed by atoms with van der Waals surface area (Å²) in [4.78, 5) is 37.7. The minimum atomic E-state index is -0.935. The molecule has 2 N–H and O–H groups in total. The number of hydrogen-bond acceptors (Lipinski definition) is 4. The number of rotatable bonds is 6. The van der Waals surface area contributed by atoms with E-state index in [1.54, 1.807) is 4.90 Å². The van der Waals surface area contributed by atoms with Crippen molar-refractivity contribution < 1.29 is 19.5 Å². The van der Waals surface area contributed by atoms with Crippen LogP contribution >= 0.6 is 0 Å². The molecule has 120 valence electrons. The third kappa shape index (κ3) is 7.08. The topological polar surface area (TPSA) is 90.0 Å². The fourth-order valence-corrected chi connectivity index (χ4v) is 2.31. The second-order valence-electron chi connectivity index (χ2n) is 5.78. The van der Waals surface area contributed by atoms with Crippen molar-refractivity contribution in [2.24, 2.45) is 5.92 Å². The molecule has 0 aromatic heterocycles. The number of hydrogen-bond donors (Lipinski definition) is 2. The van der Waals surface area contributed by atoms with E-state index in [0.29, 0.717) is 19.0 Å². The predicted octanol–water partition coefficient (Wildman–Crippen LogP) is 0.751. The maximum absolute atomic E-state index is 11.9. The number of carboxylic acid groups (broad SMARTS) is 1. The van der Waals surface area contributed by atoms with Crippen LogP contribution in [0.1, 0.15) is 33.1 Å². The maximum atomic E-state index is 11.9. The van der Waals surface area contributed by atoms with Crippen molar-refractivity contribution in [3.8, 4) is 0 Å². The Labute approximate surface area is 125 Å². The number of urea groups is 1. The van der Waals surface area contributed by atoms with Crippen molar-refractivity contribution in [2.75, 3.05) is 32.7 Å². The van der Waals surface area contributed by atoms with E-state index in [9.17, 15) is 14.4 Å². The van der Waals surface area contributed by atoms with Gasteiger partial charge < -0.3 is 10.0 Å². The Hall–Kier alpha value is -1.63. The predicted molar refractivity (Wildman–Crippen MR) is 77.9 cm³/mol. The first-order chi connectivity index (χ1) is 9.88. The molecule has 1 aliphatic rings. The molecule has 0 radical (unpaired) electrons. The quantitative estimate of drug-likeness (QED) is 0.755. The summed E-state index contributed by atoms with van der Waals surface area (Å²) in [5.74, 6) is -0.748. The summed E-state index contributed by atoms with van der Waals surface area (Å²) in [6, 6.07) is -0.375. The number of nitrogens with one attached hydrogen (secondary N) is 1. The smallest absolute Gasteiger partial charge is 0.324 e. The summed E-state index contributed by atoms with van der Waals surface area (Å²) in [7, 11) is 0. The molecule has 3 amide bonds. The molecule has 0 spiro atoms. The zero-order valence-electron chi connectivity index (χ0n) is 12.8. The number of piperazine rings is 1. The minimum absolute atomic E-state index is 0.0600. The van der Waals surface area contributed by atoms with Crippen molar-refractivity contribution in [2.45, 2.75) is 33.1 Å². The molecule has 7 nitrogen and oxygen atoms in total. The molecule has 0 unspecified atom stereocenters. The van der Waals surface area contributed by atoms with Crippen LogP contribution in [0.4, 0.5) is 4.79 Å². The van der Waals surface area contributed by atoms with E-state index in [0.717, 1.165) is 19.6 Å². The first-order valence-corrected chi connectivity index (χ1v) is 7.41. The van der Waals surface area contributed by atoms with Crippen molar-refractivity contribution >= 4 is 17.9 Å². The van der Waals surface area contributed by atoms with Crippen LogP contribution in [0, 0.1) is 5.92 Å². The standard InChI is InChI=1S/C14H25N3O4/c1-11(2)10-16-6-8-17(9-7-16)14(21)15-12(18)4-3-5-13(19)20/h11H,3-10H2,1-2H3,(H,19,20)(H,15,18,21). The summed E-state index contributed by atoms with van der Waals surface area (Å²) in [5, 5.41) is 10.8. The first kappa shape index (κ1) is 17.4. The molecule has 0 saturated carbocycles. The van der Waals surface area contributed by atoms with E-state index in [4.69, 9.17) is 5.11 Å². The van der Waals surface area contributed by atoms with Gasteiger partial charge in [0, 0.05) is 45.6 Å². The molecular weight excluding hydrogens is 274 g/mol. The van der Waals surface area contributed by atoms with Gasteiger partial charge in [0.25, 0.3) is 0 Å². The third-order valence-corrected chi connectivity index (χ3v) is 3.32. The molecule has 1 saturated heterocycles. The Balaban J connectivity index is 2.24. The highest BCUT2D eigenvalue weighted by molar-refractivity contribution is 5.94. The van der Waals surface area contributed by atoms with Gasteiger partial charge in [-0.25, -0.2) is 4.79 Å². The molecule has 1 aliphatic heterocycles. The highest BCUT2D eigenvalue weighted by Crippen LogP contribution is 2.05. The zero-order valence-corrected chi connectivity index (χ0v) is 12.8. The lowest BCUT2D eigenvalue weighted by molar-refractivity contribution is -0.137. The number of carboxylic acids is 1. The molecule has 0 aromatic rings. The Bertz CT molecular complexity index is 376. The number of carbonyl (C=O) groups is 3. The van der Waals surface area contributed by atoms with E-state index in [2.05, 4.69) is 24.1 Å². The maximum Gasteiger partial charge on any atom is 0.324 e. The summed E-state index contributed by atoms with van der Waals surface area (Å²) in [6.45, 7) is 8.20. The summed E-state index contributed by atoms with van der Waals surface area (Å²) in [5.41, 5.74) is 0. The zero-order chi connectivity index (χ0) is 15.8. The molecule has 1 rings (SSSR count). The summed E-state index contributed by atoms with van der Waals surface area (Å²) < 4.78 is 0.